The van der Waals surface area contributed by atoms with Gasteiger partial charge in [0.15, 0.2) is 0 Å². The average molecular weight is 157 g/mol. The van der Waals surface area contributed by atoms with Gasteiger partial charge in [-0.2, -0.15) is 0 Å². The zero-order chi connectivity index (χ0) is 7.40. The number of likely N-dealkylation sites (tertiary alicyclic amines) is 1. The summed E-state index contributed by atoms with van der Waals surface area (Å²) in [5.41, 5.74) is 0. The molecule has 0 amide bonds. The summed E-state index contributed by atoms with van der Waals surface area (Å²) in [5, 5.41) is 0. The Bertz CT molecular complexity index is 120. The maximum Gasteiger partial charge on any atom is 0.0779 e. The molecule has 0 unspecified atom stereocenters. The molecule has 0 aromatic carbocycles. The molecule has 0 atom stereocenters. The van der Waals surface area contributed by atoms with Gasteiger partial charge in [-0.1, -0.05) is 19.1 Å². The Balaban J connectivity index is 2.32. The number of hydrogen-bond donors (Lipinski definition) is 0. The van der Waals surface area contributed by atoms with Crippen molar-refractivity contribution in [1.82, 2.24) is 4.90 Å². The molecule has 1 heterocycles. The molecule has 0 saturated carbocycles. The Morgan fingerprint density at radius 3 is 2.90 bits per heavy atom. The van der Waals surface area contributed by atoms with Crippen LogP contribution in [0.5, 0.6) is 0 Å². The van der Waals surface area contributed by atoms with Crippen molar-refractivity contribution in [2.45, 2.75) is 32.6 Å². The molecular formula is C8H15NS. The topological polar surface area (TPSA) is 3.24 Å². The monoisotopic (exact) mass is 157 g/mol. The standard InChI is InChI=1S/C8H15NS/c1-2-6-9-7-4-3-5-8(9)10/h2-7H2,1H3. The molecule has 1 fully saturated rings. The molecule has 1 nitrogen and oxygen atoms in total. The number of rotatable bonds is 2. The van der Waals surface area contributed by atoms with Gasteiger partial charge in [0.25, 0.3) is 0 Å². The van der Waals surface area contributed by atoms with Gasteiger partial charge in [0.1, 0.15) is 0 Å². The van der Waals surface area contributed by atoms with Crippen LogP contribution in [0.2, 0.25) is 0 Å². The first kappa shape index (κ1) is 7.99. The summed E-state index contributed by atoms with van der Waals surface area (Å²) in [7, 11) is 0. The van der Waals surface area contributed by atoms with Gasteiger partial charge in [0.2, 0.25) is 0 Å². The zero-order valence-corrected chi connectivity index (χ0v) is 7.41. The van der Waals surface area contributed by atoms with Crippen molar-refractivity contribution in [3.63, 3.8) is 0 Å². The molecule has 10 heavy (non-hydrogen) atoms. The quantitative estimate of drug-likeness (QED) is 0.565. The van der Waals surface area contributed by atoms with Crippen LogP contribution in [0.1, 0.15) is 32.6 Å². The average Bonchev–Trinajstić information content (AvgIpc) is 1.94. The third-order valence-electron chi connectivity index (χ3n) is 1.91. The van der Waals surface area contributed by atoms with Gasteiger partial charge in [0.05, 0.1) is 4.99 Å². The van der Waals surface area contributed by atoms with Gasteiger partial charge in [0, 0.05) is 13.1 Å². The van der Waals surface area contributed by atoms with E-state index in [9.17, 15) is 0 Å². The smallest absolute Gasteiger partial charge is 0.0779 e. The molecule has 0 aromatic heterocycles. The molecule has 58 valence electrons. The van der Waals surface area contributed by atoms with E-state index in [0.717, 1.165) is 6.42 Å². The molecule has 0 aliphatic carbocycles. The van der Waals surface area contributed by atoms with Crippen molar-refractivity contribution >= 4 is 17.2 Å². The Morgan fingerprint density at radius 1 is 1.50 bits per heavy atom. The molecular weight excluding hydrogens is 142 g/mol. The lowest BCUT2D eigenvalue weighted by atomic mass is 10.1. The lowest BCUT2D eigenvalue weighted by molar-refractivity contribution is 0.378. The highest BCUT2D eigenvalue weighted by atomic mass is 32.1. The van der Waals surface area contributed by atoms with Gasteiger partial charge >= 0.3 is 0 Å². The van der Waals surface area contributed by atoms with Crippen molar-refractivity contribution in [2.75, 3.05) is 13.1 Å². The number of piperidine rings is 1. The minimum Gasteiger partial charge on any atom is -0.366 e. The molecule has 0 spiro atoms. The van der Waals surface area contributed by atoms with Gasteiger partial charge in [-0.25, -0.2) is 0 Å². The molecule has 2 heteroatoms. The van der Waals surface area contributed by atoms with E-state index in [0.29, 0.717) is 0 Å². The summed E-state index contributed by atoms with van der Waals surface area (Å²) < 4.78 is 0. The SMILES string of the molecule is CCCN1CCCCC1=S. The highest BCUT2D eigenvalue weighted by molar-refractivity contribution is 7.80. The minimum atomic E-state index is 1.15. The maximum atomic E-state index is 5.22. The third-order valence-corrected chi connectivity index (χ3v) is 2.38. The summed E-state index contributed by atoms with van der Waals surface area (Å²) in [5.74, 6) is 0. The van der Waals surface area contributed by atoms with Crippen molar-refractivity contribution in [3.05, 3.63) is 0 Å². The molecule has 0 N–H and O–H groups in total. The number of nitrogens with zero attached hydrogens (tertiary/aromatic N) is 1. The van der Waals surface area contributed by atoms with Crippen LogP contribution < -0.4 is 0 Å². The van der Waals surface area contributed by atoms with Gasteiger partial charge < -0.3 is 4.90 Å². The van der Waals surface area contributed by atoms with E-state index in [1.54, 1.807) is 0 Å². The molecule has 1 aliphatic heterocycles. The fourth-order valence-corrected chi connectivity index (χ4v) is 1.70. The normalized spacial score (nSPS) is 19.7. The second kappa shape index (κ2) is 3.91. The Hall–Kier alpha value is -0.110. The van der Waals surface area contributed by atoms with E-state index in [1.807, 2.05) is 0 Å². The first-order valence-electron chi connectivity index (χ1n) is 4.12. The van der Waals surface area contributed by atoms with Crippen LogP contribution in [-0.4, -0.2) is 23.0 Å². The first-order valence-corrected chi connectivity index (χ1v) is 4.53. The third kappa shape index (κ3) is 1.94. The summed E-state index contributed by atoms with van der Waals surface area (Å²) in [6.07, 6.45) is 5.01. The van der Waals surface area contributed by atoms with Gasteiger partial charge in [-0.3, -0.25) is 0 Å². The van der Waals surface area contributed by atoms with Crippen LogP contribution in [-0.2, 0) is 0 Å². The molecule has 1 aliphatic rings. The number of hydrogen-bond acceptors (Lipinski definition) is 1. The van der Waals surface area contributed by atoms with Crippen LogP contribution in [0.4, 0.5) is 0 Å². The summed E-state index contributed by atoms with van der Waals surface area (Å²) >= 11 is 5.22. The molecule has 1 saturated heterocycles. The molecule has 1 rings (SSSR count). The van der Waals surface area contributed by atoms with E-state index < -0.39 is 0 Å². The van der Waals surface area contributed by atoms with Crippen molar-refractivity contribution in [2.24, 2.45) is 0 Å². The van der Waals surface area contributed by atoms with Crippen molar-refractivity contribution in [3.8, 4) is 0 Å². The van der Waals surface area contributed by atoms with Crippen LogP contribution in [0, 0.1) is 0 Å². The Morgan fingerprint density at radius 2 is 2.30 bits per heavy atom. The fourth-order valence-electron chi connectivity index (χ4n) is 1.37. The minimum absolute atomic E-state index is 1.15. The molecule has 0 aromatic rings. The van der Waals surface area contributed by atoms with Crippen LogP contribution in [0.3, 0.4) is 0 Å². The summed E-state index contributed by atoms with van der Waals surface area (Å²) in [6, 6.07) is 0. The predicted octanol–water partition coefficient (Wildman–Crippen LogP) is 2.21. The Kier molecular flexibility index (Phi) is 3.13. The van der Waals surface area contributed by atoms with E-state index in [2.05, 4.69) is 11.8 Å². The van der Waals surface area contributed by atoms with Crippen molar-refractivity contribution in [1.29, 1.82) is 0 Å². The van der Waals surface area contributed by atoms with Crippen molar-refractivity contribution < 1.29 is 0 Å². The zero-order valence-electron chi connectivity index (χ0n) is 6.60. The van der Waals surface area contributed by atoms with Crippen LogP contribution in [0.15, 0.2) is 0 Å². The van der Waals surface area contributed by atoms with E-state index in [4.69, 9.17) is 12.2 Å². The lowest BCUT2D eigenvalue weighted by Crippen LogP contribution is -2.34. The molecule has 0 radical (unpaired) electrons. The highest BCUT2D eigenvalue weighted by Gasteiger charge is 2.12. The largest absolute Gasteiger partial charge is 0.366 e. The van der Waals surface area contributed by atoms with Gasteiger partial charge in [-0.15, -0.1) is 0 Å². The van der Waals surface area contributed by atoms with Gasteiger partial charge in [-0.05, 0) is 25.7 Å². The summed E-state index contributed by atoms with van der Waals surface area (Å²) in [4.78, 5) is 3.53. The van der Waals surface area contributed by atoms with Crippen LogP contribution >= 0.6 is 12.2 Å². The lowest BCUT2D eigenvalue weighted by Gasteiger charge is -2.28. The van der Waals surface area contributed by atoms with E-state index in [1.165, 1.54) is 37.3 Å². The molecule has 0 bridgehead atoms. The Labute approximate surface area is 68.4 Å². The van der Waals surface area contributed by atoms with E-state index in [-0.39, 0.29) is 0 Å². The predicted molar refractivity (Wildman–Crippen MR) is 48.3 cm³/mol. The first-order chi connectivity index (χ1) is 4.84. The highest BCUT2D eigenvalue weighted by Crippen LogP contribution is 2.11. The van der Waals surface area contributed by atoms with Crippen LogP contribution in [0.25, 0.3) is 0 Å². The fraction of sp³-hybridized carbons (Fsp3) is 0.875. The number of thiocarbonyl (C=S) groups is 1. The second-order valence-corrected chi connectivity index (χ2v) is 3.31. The maximum absolute atomic E-state index is 5.22. The van der Waals surface area contributed by atoms with E-state index >= 15 is 0 Å². The summed E-state index contributed by atoms with van der Waals surface area (Å²) in [6.45, 7) is 4.57. The second-order valence-electron chi connectivity index (χ2n) is 2.84.